The lowest BCUT2D eigenvalue weighted by atomic mass is 10.3. The van der Waals surface area contributed by atoms with E-state index in [-0.39, 0.29) is 5.69 Å². The van der Waals surface area contributed by atoms with E-state index in [1.54, 1.807) is 19.2 Å². The summed E-state index contributed by atoms with van der Waals surface area (Å²) in [6.45, 7) is 0. The number of methoxy groups -OCH3 is 2. The molecule has 0 saturated heterocycles. The van der Waals surface area contributed by atoms with E-state index in [4.69, 9.17) is 4.74 Å². The highest BCUT2D eigenvalue weighted by atomic mass is 79.9. The van der Waals surface area contributed by atoms with Crippen LogP contribution in [0.5, 0.6) is 5.88 Å². The number of pyridine rings is 1. The lowest BCUT2D eigenvalue weighted by Gasteiger charge is -2.03. The summed E-state index contributed by atoms with van der Waals surface area (Å²) in [6, 6.07) is 5.24. The SMILES string of the molecule is COC(=O)c1cc2cc(Br)cc(OC)n2n1. The number of nitrogens with zero attached hydrogens (tertiary/aromatic N) is 2. The number of halogens is 1. The zero-order chi connectivity index (χ0) is 11.7. The average molecular weight is 285 g/mol. The van der Waals surface area contributed by atoms with Crippen molar-refractivity contribution in [1.29, 1.82) is 0 Å². The van der Waals surface area contributed by atoms with Crippen LogP contribution < -0.4 is 4.74 Å². The standard InChI is InChI=1S/C10H9BrN2O3/c1-15-9-4-6(11)3-7-5-8(10(14)16-2)12-13(7)9/h3-5H,1-2H3. The number of carbonyl (C=O) groups is 1. The minimum Gasteiger partial charge on any atom is -0.481 e. The summed E-state index contributed by atoms with van der Waals surface area (Å²) in [5.41, 5.74) is 1.01. The Balaban J connectivity index is 2.64. The Labute approximate surface area is 100 Å². The molecule has 0 aliphatic rings. The molecule has 0 bridgehead atoms. The smallest absolute Gasteiger partial charge is 0.358 e. The number of hydrogen-bond donors (Lipinski definition) is 0. The molecule has 5 nitrogen and oxygen atoms in total. The second kappa shape index (κ2) is 4.13. The van der Waals surface area contributed by atoms with Crippen molar-refractivity contribution in [2.45, 2.75) is 0 Å². The van der Waals surface area contributed by atoms with E-state index in [0.717, 1.165) is 9.99 Å². The van der Waals surface area contributed by atoms with Gasteiger partial charge in [-0.05, 0) is 12.1 Å². The van der Waals surface area contributed by atoms with Crippen LogP contribution in [0.3, 0.4) is 0 Å². The van der Waals surface area contributed by atoms with E-state index in [0.29, 0.717) is 5.88 Å². The van der Waals surface area contributed by atoms with E-state index in [1.807, 2.05) is 6.07 Å². The number of rotatable bonds is 2. The first-order chi connectivity index (χ1) is 7.65. The summed E-state index contributed by atoms with van der Waals surface area (Å²) in [5.74, 6) is 0.0707. The molecule has 0 fully saturated rings. The second-order valence-electron chi connectivity index (χ2n) is 3.07. The molecule has 0 N–H and O–H groups in total. The molecule has 2 rings (SSSR count). The van der Waals surface area contributed by atoms with Crippen molar-refractivity contribution in [3.8, 4) is 5.88 Å². The molecule has 2 aromatic rings. The Hall–Kier alpha value is -1.56. The van der Waals surface area contributed by atoms with Gasteiger partial charge < -0.3 is 9.47 Å². The Bertz CT molecular complexity index is 550. The molecule has 0 aromatic carbocycles. The zero-order valence-electron chi connectivity index (χ0n) is 8.73. The number of hydrogen-bond acceptors (Lipinski definition) is 4. The first-order valence-electron chi connectivity index (χ1n) is 4.47. The maximum atomic E-state index is 11.3. The van der Waals surface area contributed by atoms with E-state index < -0.39 is 5.97 Å². The molecule has 0 unspecified atom stereocenters. The maximum Gasteiger partial charge on any atom is 0.358 e. The van der Waals surface area contributed by atoms with E-state index in [1.165, 1.54) is 11.6 Å². The van der Waals surface area contributed by atoms with Gasteiger partial charge >= 0.3 is 5.97 Å². The molecule has 0 saturated carbocycles. The third kappa shape index (κ3) is 1.76. The fourth-order valence-corrected chi connectivity index (χ4v) is 1.82. The third-order valence-electron chi connectivity index (χ3n) is 2.10. The highest BCUT2D eigenvalue weighted by molar-refractivity contribution is 9.10. The van der Waals surface area contributed by atoms with Crippen LogP contribution in [0.2, 0.25) is 0 Å². The van der Waals surface area contributed by atoms with Crippen molar-refractivity contribution in [3.05, 3.63) is 28.4 Å². The molecule has 0 aliphatic carbocycles. The van der Waals surface area contributed by atoms with Crippen LogP contribution >= 0.6 is 15.9 Å². The number of esters is 1. The summed E-state index contributed by atoms with van der Waals surface area (Å²) < 4.78 is 12.1. The molecular formula is C10H9BrN2O3. The first-order valence-corrected chi connectivity index (χ1v) is 5.26. The Morgan fingerprint density at radius 1 is 1.38 bits per heavy atom. The van der Waals surface area contributed by atoms with Crippen LogP contribution in [-0.4, -0.2) is 29.8 Å². The molecule has 6 heteroatoms. The molecule has 2 aromatic heterocycles. The Morgan fingerprint density at radius 2 is 2.12 bits per heavy atom. The molecule has 84 valence electrons. The minimum absolute atomic E-state index is 0.249. The van der Waals surface area contributed by atoms with Crippen LogP contribution in [-0.2, 0) is 4.74 Å². The van der Waals surface area contributed by atoms with Crippen LogP contribution in [0.4, 0.5) is 0 Å². The van der Waals surface area contributed by atoms with Gasteiger partial charge in [0.25, 0.3) is 0 Å². The van der Waals surface area contributed by atoms with Gasteiger partial charge in [-0.15, -0.1) is 0 Å². The predicted molar refractivity (Wildman–Crippen MR) is 60.8 cm³/mol. The van der Waals surface area contributed by atoms with Gasteiger partial charge in [-0.3, -0.25) is 0 Å². The van der Waals surface area contributed by atoms with E-state index in [2.05, 4.69) is 25.8 Å². The lowest BCUT2D eigenvalue weighted by Crippen LogP contribution is -2.03. The fourth-order valence-electron chi connectivity index (χ4n) is 1.39. The second-order valence-corrected chi connectivity index (χ2v) is 3.99. The molecule has 0 amide bonds. The van der Waals surface area contributed by atoms with Gasteiger partial charge in [-0.2, -0.15) is 5.10 Å². The lowest BCUT2D eigenvalue weighted by molar-refractivity contribution is 0.0593. The normalized spacial score (nSPS) is 10.4. The molecule has 16 heavy (non-hydrogen) atoms. The number of fused-ring (bicyclic) bond motifs is 1. The van der Waals surface area contributed by atoms with Gasteiger partial charge in [-0.25, -0.2) is 9.31 Å². The summed E-state index contributed by atoms with van der Waals surface area (Å²) >= 11 is 3.35. The van der Waals surface area contributed by atoms with Gasteiger partial charge in [0, 0.05) is 10.5 Å². The van der Waals surface area contributed by atoms with Crippen molar-refractivity contribution < 1.29 is 14.3 Å². The highest BCUT2D eigenvalue weighted by Crippen LogP contribution is 2.22. The van der Waals surface area contributed by atoms with Gasteiger partial charge in [0.2, 0.25) is 5.88 Å². The van der Waals surface area contributed by atoms with Crippen LogP contribution in [0, 0.1) is 0 Å². The summed E-state index contributed by atoms with van der Waals surface area (Å²) in [5, 5.41) is 4.09. The topological polar surface area (TPSA) is 52.8 Å². The van der Waals surface area contributed by atoms with E-state index >= 15 is 0 Å². The predicted octanol–water partition coefficient (Wildman–Crippen LogP) is 1.89. The largest absolute Gasteiger partial charge is 0.481 e. The quantitative estimate of drug-likeness (QED) is 0.791. The molecule has 2 heterocycles. The zero-order valence-corrected chi connectivity index (χ0v) is 10.3. The monoisotopic (exact) mass is 284 g/mol. The van der Waals surface area contributed by atoms with Gasteiger partial charge in [0.1, 0.15) is 0 Å². The average Bonchev–Trinajstić information content (AvgIpc) is 2.70. The van der Waals surface area contributed by atoms with Crippen LogP contribution in [0.15, 0.2) is 22.7 Å². The first kappa shape index (κ1) is 10.9. The van der Waals surface area contributed by atoms with Crippen LogP contribution in [0.25, 0.3) is 5.52 Å². The number of ether oxygens (including phenoxy) is 2. The minimum atomic E-state index is -0.470. The molecular weight excluding hydrogens is 276 g/mol. The highest BCUT2D eigenvalue weighted by Gasteiger charge is 2.13. The molecule has 0 aliphatic heterocycles. The Morgan fingerprint density at radius 3 is 2.75 bits per heavy atom. The van der Waals surface area contributed by atoms with Gasteiger partial charge in [0.05, 0.1) is 19.7 Å². The van der Waals surface area contributed by atoms with Crippen molar-refractivity contribution in [2.24, 2.45) is 0 Å². The van der Waals surface area contributed by atoms with Crippen molar-refractivity contribution in [2.75, 3.05) is 14.2 Å². The number of aromatic nitrogens is 2. The van der Waals surface area contributed by atoms with Crippen molar-refractivity contribution in [3.63, 3.8) is 0 Å². The van der Waals surface area contributed by atoms with Crippen molar-refractivity contribution in [1.82, 2.24) is 9.61 Å². The fraction of sp³-hybridized carbons (Fsp3) is 0.200. The number of carbonyl (C=O) groups excluding carboxylic acids is 1. The van der Waals surface area contributed by atoms with Gasteiger partial charge in [-0.1, -0.05) is 15.9 Å². The maximum absolute atomic E-state index is 11.3. The van der Waals surface area contributed by atoms with Crippen molar-refractivity contribution >= 4 is 27.4 Å². The summed E-state index contributed by atoms with van der Waals surface area (Å²) in [7, 11) is 2.86. The van der Waals surface area contributed by atoms with Gasteiger partial charge in [0.15, 0.2) is 5.69 Å². The summed E-state index contributed by atoms with van der Waals surface area (Å²) in [4.78, 5) is 11.3. The molecule has 0 radical (unpaired) electrons. The van der Waals surface area contributed by atoms with E-state index in [9.17, 15) is 4.79 Å². The third-order valence-corrected chi connectivity index (χ3v) is 2.55. The molecule has 0 spiro atoms. The molecule has 0 atom stereocenters. The summed E-state index contributed by atoms with van der Waals surface area (Å²) in [6.07, 6.45) is 0. The Kier molecular flexibility index (Phi) is 2.82. The van der Waals surface area contributed by atoms with Crippen LogP contribution in [0.1, 0.15) is 10.5 Å².